The van der Waals surface area contributed by atoms with Gasteiger partial charge < -0.3 is 9.80 Å². The van der Waals surface area contributed by atoms with Crippen molar-refractivity contribution >= 4 is 11.6 Å². The number of hydrogen-bond acceptors (Lipinski definition) is 5. The van der Waals surface area contributed by atoms with Crippen LogP contribution in [-0.2, 0) is 0 Å². The molecule has 0 aliphatic carbocycles. The van der Waals surface area contributed by atoms with Crippen molar-refractivity contribution < 1.29 is 4.79 Å². The van der Waals surface area contributed by atoms with E-state index in [0.29, 0.717) is 12.2 Å². The third-order valence-electron chi connectivity index (χ3n) is 3.40. The molecular formula is C14H19N5O. The molecule has 0 aromatic carbocycles. The monoisotopic (exact) mass is 273 g/mol. The van der Waals surface area contributed by atoms with Crippen molar-refractivity contribution in [2.45, 2.75) is 0 Å². The lowest BCUT2D eigenvalue weighted by Gasteiger charge is -2.35. The first-order chi connectivity index (χ1) is 9.61. The zero-order chi connectivity index (χ0) is 14.5. The summed E-state index contributed by atoms with van der Waals surface area (Å²) in [5.41, 5.74) is 1.48. The second kappa shape index (κ2) is 6.35. The molecule has 0 atom stereocenters. The molecule has 0 N–H and O–H groups in total. The highest BCUT2D eigenvalue weighted by Gasteiger charge is 2.18. The molecule has 1 fully saturated rings. The van der Waals surface area contributed by atoms with Gasteiger partial charge in [0.25, 0.3) is 5.91 Å². The maximum absolute atomic E-state index is 11.9. The number of carbonyl (C=O) groups is 1. The Kier molecular flexibility index (Phi) is 4.53. The van der Waals surface area contributed by atoms with Gasteiger partial charge in [-0.05, 0) is 12.1 Å². The first-order valence-corrected chi connectivity index (χ1v) is 6.64. The van der Waals surface area contributed by atoms with Crippen molar-refractivity contribution in [2.75, 3.05) is 51.7 Å². The second-order valence-electron chi connectivity index (χ2n) is 5.02. The van der Waals surface area contributed by atoms with Crippen molar-refractivity contribution in [1.29, 1.82) is 5.26 Å². The number of hydrogen-bond donors (Lipinski definition) is 0. The van der Waals surface area contributed by atoms with Crippen LogP contribution in [0.1, 0.15) is 10.5 Å². The van der Waals surface area contributed by atoms with Crippen molar-refractivity contribution in [2.24, 2.45) is 0 Å². The molecule has 1 amide bonds. The number of piperazine rings is 1. The van der Waals surface area contributed by atoms with Gasteiger partial charge in [0.1, 0.15) is 5.69 Å². The summed E-state index contributed by atoms with van der Waals surface area (Å²) in [7, 11) is 3.44. The predicted molar refractivity (Wildman–Crippen MR) is 76.5 cm³/mol. The minimum absolute atomic E-state index is 0.0880. The highest BCUT2D eigenvalue weighted by atomic mass is 16.2. The molecule has 2 heterocycles. The number of nitriles is 1. The Labute approximate surface area is 119 Å². The molecule has 0 spiro atoms. The zero-order valence-electron chi connectivity index (χ0n) is 11.9. The van der Waals surface area contributed by atoms with Gasteiger partial charge in [0.15, 0.2) is 0 Å². The van der Waals surface area contributed by atoms with E-state index < -0.39 is 0 Å². The third-order valence-corrected chi connectivity index (χ3v) is 3.40. The molecule has 2 rings (SSSR count). The van der Waals surface area contributed by atoms with E-state index in [2.05, 4.69) is 20.9 Å². The van der Waals surface area contributed by atoms with E-state index in [9.17, 15) is 4.79 Å². The molecule has 1 aliphatic heterocycles. The van der Waals surface area contributed by atoms with E-state index in [4.69, 9.17) is 5.26 Å². The normalized spacial score (nSPS) is 15.8. The fourth-order valence-electron chi connectivity index (χ4n) is 2.23. The van der Waals surface area contributed by atoms with Crippen molar-refractivity contribution in [1.82, 2.24) is 14.8 Å². The molecule has 0 saturated carbocycles. The highest BCUT2D eigenvalue weighted by Crippen LogP contribution is 2.17. The number of carbonyl (C=O) groups excluding carboxylic acids is 1. The SMILES string of the molecule is CN(C)C(=O)c1cc(N2CCN(CC#N)CC2)ccn1. The van der Waals surface area contributed by atoms with Gasteiger partial charge in [0.05, 0.1) is 12.6 Å². The number of aromatic nitrogens is 1. The quantitative estimate of drug-likeness (QED) is 0.747. The first kappa shape index (κ1) is 14.3. The van der Waals surface area contributed by atoms with Crippen LogP contribution >= 0.6 is 0 Å². The van der Waals surface area contributed by atoms with E-state index >= 15 is 0 Å². The Morgan fingerprint density at radius 2 is 2.10 bits per heavy atom. The number of rotatable bonds is 3. The van der Waals surface area contributed by atoms with E-state index in [0.717, 1.165) is 31.9 Å². The molecule has 6 heteroatoms. The molecule has 6 nitrogen and oxygen atoms in total. The summed E-state index contributed by atoms with van der Waals surface area (Å²) in [4.78, 5) is 21.9. The average molecular weight is 273 g/mol. The molecule has 1 aromatic heterocycles. The second-order valence-corrected chi connectivity index (χ2v) is 5.02. The number of pyridine rings is 1. The summed E-state index contributed by atoms with van der Waals surface area (Å²) in [5, 5.41) is 8.70. The lowest BCUT2D eigenvalue weighted by molar-refractivity contribution is 0.0822. The van der Waals surface area contributed by atoms with Gasteiger partial charge in [-0.15, -0.1) is 0 Å². The molecular weight excluding hydrogens is 254 g/mol. The minimum Gasteiger partial charge on any atom is -0.369 e. The summed E-state index contributed by atoms with van der Waals surface area (Å²) in [5.74, 6) is -0.0880. The van der Waals surface area contributed by atoms with Crippen LogP contribution in [0.2, 0.25) is 0 Å². The molecule has 0 unspecified atom stereocenters. The van der Waals surface area contributed by atoms with Crippen LogP contribution in [0.25, 0.3) is 0 Å². The van der Waals surface area contributed by atoms with Crippen molar-refractivity contribution in [3.63, 3.8) is 0 Å². The molecule has 1 aromatic rings. The fraction of sp³-hybridized carbons (Fsp3) is 0.500. The number of anilines is 1. The van der Waals surface area contributed by atoms with Gasteiger partial charge >= 0.3 is 0 Å². The van der Waals surface area contributed by atoms with Gasteiger partial charge in [-0.1, -0.05) is 0 Å². The topological polar surface area (TPSA) is 63.5 Å². The third kappa shape index (κ3) is 3.25. The Balaban J connectivity index is 2.06. The van der Waals surface area contributed by atoms with Crippen LogP contribution in [-0.4, -0.2) is 67.5 Å². The van der Waals surface area contributed by atoms with Gasteiger partial charge in [0.2, 0.25) is 0 Å². The number of amides is 1. The van der Waals surface area contributed by atoms with Crippen LogP contribution in [0.4, 0.5) is 5.69 Å². The summed E-state index contributed by atoms with van der Waals surface area (Å²) in [6.07, 6.45) is 1.67. The lowest BCUT2D eigenvalue weighted by atomic mass is 10.2. The Bertz CT molecular complexity index is 515. The Morgan fingerprint density at radius 3 is 2.70 bits per heavy atom. The van der Waals surface area contributed by atoms with E-state index in [1.54, 1.807) is 20.3 Å². The zero-order valence-corrected chi connectivity index (χ0v) is 11.9. The Morgan fingerprint density at radius 1 is 1.40 bits per heavy atom. The first-order valence-electron chi connectivity index (χ1n) is 6.64. The lowest BCUT2D eigenvalue weighted by Crippen LogP contribution is -2.46. The number of nitrogens with zero attached hydrogens (tertiary/aromatic N) is 5. The summed E-state index contributed by atoms with van der Waals surface area (Å²) in [6.45, 7) is 3.94. The van der Waals surface area contributed by atoms with Gasteiger partial charge in [0, 0.05) is 52.2 Å². The van der Waals surface area contributed by atoms with Crippen LogP contribution in [0.3, 0.4) is 0 Å². The summed E-state index contributed by atoms with van der Waals surface area (Å²) >= 11 is 0. The standard InChI is InChI=1S/C14H19N5O/c1-17(2)14(20)13-11-12(3-5-16-13)19-9-7-18(6-4-15)8-10-19/h3,5,11H,6-10H2,1-2H3. The molecule has 1 saturated heterocycles. The fourth-order valence-corrected chi connectivity index (χ4v) is 2.23. The molecule has 1 aliphatic rings. The van der Waals surface area contributed by atoms with E-state index in [-0.39, 0.29) is 5.91 Å². The average Bonchev–Trinajstić information content (AvgIpc) is 2.47. The minimum atomic E-state index is -0.0880. The summed E-state index contributed by atoms with van der Waals surface area (Å²) < 4.78 is 0. The maximum atomic E-state index is 11.9. The van der Waals surface area contributed by atoms with E-state index in [1.165, 1.54) is 4.90 Å². The maximum Gasteiger partial charge on any atom is 0.272 e. The summed E-state index contributed by atoms with van der Waals surface area (Å²) in [6, 6.07) is 5.93. The van der Waals surface area contributed by atoms with Crippen LogP contribution in [0.15, 0.2) is 18.3 Å². The van der Waals surface area contributed by atoms with Crippen LogP contribution in [0.5, 0.6) is 0 Å². The smallest absolute Gasteiger partial charge is 0.272 e. The van der Waals surface area contributed by atoms with Gasteiger partial charge in [-0.25, -0.2) is 0 Å². The van der Waals surface area contributed by atoms with Crippen LogP contribution in [0, 0.1) is 11.3 Å². The molecule has 0 bridgehead atoms. The molecule has 106 valence electrons. The van der Waals surface area contributed by atoms with Crippen molar-refractivity contribution in [3.8, 4) is 6.07 Å². The van der Waals surface area contributed by atoms with E-state index in [1.807, 2.05) is 12.1 Å². The van der Waals surface area contributed by atoms with Gasteiger partial charge in [-0.3, -0.25) is 14.7 Å². The van der Waals surface area contributed by atoms with Crippen LogP contribution < -0.4 is 4.90 Å². The molecule has 20 heavy (non-hydrogen) atoms. The predicted octanol–water partition coefficient (Wildman–Crippen LogP) is 0.429. The Hall–Kier alpha value is -2.13. The molecule has 0 radical (unpaired) electrons. The van der Waals surface area contributed by atoms with Gasteiger partial charge in [-0.2, -0.15) is 5.26 Å². The highest BCUT2D eigenvalue weighted by molar-refractivity contribution is 5.92. The largest absolute Gasteiger partial charge is 0.369 e. The van der Waals surface area contributed by atoms with Crippen molar-refractivity contribution in [3.05, 3.63) is 24.0 Å².